The standard InChI is InChI=1S/C15H16ClNS/c1-10-3-5-13(7-11(10)2)18-15-6-4-12(9-17)8-14(15)16/h3-8H,9,17H2,1-2H3. The zero-order valence-corrected chi connectivity index (χ0v) is 12.1. The van der Waals surface area contributed by atoms with E-state index in [9.17, 15) is 0 Å². The largest absolute Gasteiger partial charge is 0.326 e. The second kappa shape index (κ2) is 5.79. The van der Waals surface area contributed by atoms with Gasteiger partial charge in [-0.15, -0.1) is 0 Å². The molecule has 18 heavy (non-hydrogen) atoms. The van der Waals surface area contributed by atoms with Gasteiger partial charge in [0.15, 0.2) is 0 Å². The van der Waals surface area contributed by atoms with Crippen molar-refractivity contribution in [1.29, 1.82) is 0 Å². The van der Waals surface area contributed by atoms with Gasteiger partial charge in [-0.3, -0.25) is 0 Å². The summed E-state index contributed by atoms with van der Waals surface area (Å²) in [7, 11) is 0. The summed E-state index contributed by atoms with van der Waals surface area (Å²) in [5.74, 6) is 0. The molecular weight excluding hydrogens is 262 g/mol. The van der Waals surface area contributed by atoms with Crippen LogP contribution in [0.3, 0.4) is 0 Å². The number of rotatable bonds is 3. The number of halogens is 1. The van der Waals surface area contributed by atoms with Crippen LogP contribution >= 0.6 is 23.4 Å². The van der Waals surface area contributed by atoms with Crippen molar-refractivity contribution in [3.8, 4) is 0 Å². The van der Waals surface area contributed by atoms with E-state index in [0.717, 1.165) is 15.5 Å². The lowest BCUT2D eigenvalue weighted by atomic mass is 10.1. The Labute approximate surface area is 117 Å². The van der Waals surface area contributed by atoms with Crippen LogP contribution in [0.1, 0.15) is 16.7 Å². The highest BCUT2D eigenvalue weighted by molar-refractivity contribution is 7.99. The predicted octanol–water partition coefficient (Wildman–Crippen LogP) is 4.57. The van der Waals surface area contributed by atoms with Crippen molar-refractivity contribution in [3.63, 3.8) is 0 Å². The van der Waals surface area contributed by atoms with Crippen LogP contribution in [0.15, 0.2) is 46.2 Å². The maximum absolute atomic E-state index is 6.25. The molecule has 0 bridgehead atoms. The zero-order chi connectivity index (χ0) is 13.1. The van der Waals surface area contributed by atoms with Crippen LogP contribution in [0.5, 0.6) is 0 Å². The van der Waals surface area contributed by atoms with Crippen LogP contribution in [-0.2, 0) is 6.54 Å². The quantitative estimate of drug-likeness (QED) is 0.890. The second-order valence-electron chi connectivity index (χ2n) is 4.32. The zero-order valence-electron chi connectivity index (χ0n) is 10.5. The van der Waals surface area contributed by atoms with Crippen molar-refractivity contribution in [2.45, 2.75) is 30.2 Å². The van der Waals surface area contributed by atoms with Crippen LogP contribution in [0, 0.1) is 13.8 Å². The van der Waals surface area contributed by atoms with Gasteiger partial charge >= 0.3 is 0 Å². The van der Waals surface area contributed by atoms with Crippen molar-refractivity contribution in [1.82, 2.24) is 0 Å². The predicted molar refractivity (Wildman–Crippen MR) is 79.4 cm³/mol. The average molecular weight is 278 g/mol. The lowest BCUT2D eigenvalue weighted by molar-refractivity contribution is 1.07. The van der Waals surface area contributed by atoms with Gasteiger partial charge in [0.2, 0.25) is 0 Å². The molecule has 94 valence electrons. The summed E-state index contributed by atoms with van der Waals surface area (Å²) in [5, 5.41) is 0.765. The summed E-state index contributed by atoms with van der Waals surface area (Å²) < 4.78 is 0. The van der Waals surface area contributed by atoms with Crippen LogP contribution < -0.4 is 5.73 Å². The van der Waals surface area contributed by atoms with E-state index < -0.39 is 0 Å². The van der Waals surface area contributed by atoms with Crippen LogP contribution in [0.4, 0.5) is 0 Å². The van der Waals surface area contributed by atoms with Gasteiger partial charge in [0.1, 0.15) is 0 Å². The summed E-state index contributed by atoms with van der Waals surface area (Å²) in [6.07, 6.45) is 0. The fraction of sp³-hybridized carbons (Fsp3) is 0.200. The Kier molecular flexibility index (Phi) is 4.33. The average Bonchev–Trinajstić information content (AvgIpc) is 2.36. The molecule has 0 aliphatic heterocycles. The summed E-state index contributed by atoms with van der Waals surface area (Å²) in [4.78, 5) is 2.28. The molecule has 0 radical (unpaired) electrons. The first-order valence-corrected chi connectivity index (χ1v) is 7.03. The third-order valence-electron chi connectivity index (χ3n) is 2.94. The van der Waals surface area contributed by atoms with E-state index in [0.29, 0.717) is 6.54 Å². The maximum atomic E-state index is 6.25. The van der Waals surface area contributed by atoms with Gasteiger partial charge in [-0.05, 0) is 54.8 Å². The molecule has 1 nitrogen and oxygen atoms in total. The highest BCUT2D eigenvalue weighted by Gasteiger charge is 2.04. The van der Waals surface area contributed by atoms with Crippen molar-refractivity contribution >= 4 is 23.4 Å². The smallest absolute Gasteiger partial charge is 0.0548 e. The molecule has 0 amide bonds. The number of hydrogen-bond acceptors (Lipinski definition) is 2. The SMILES string of the molecule is Cc1ccc(Sc2ccc(CN)cc2Cl)cc1C. The van der Waals surface area contributed by atoms with Gasteiger partial charge in [-0.1, -0.05) is 35.5 Å². The van der Waals surface area contributed by atoms with Gasteiger partial charge in [-0.25, -0.2) is 0 Å². The molecule has 0 aromatic heterocycles. The molecule has 2 aromatic carbocycles. The van der Waals surface area contributed by atoms with Gasteiger partial charge in [0, 0.05) is 16.3 Å². The molecule has 0 saturated carbocycles. The van der Waals surface area contributed by atoms with Crippen LogP contribution in [-0.4, -0.2) is 0 Å². The molecule has 2 aromatic rings. The van der Waals surface area contributed by atoms with Crippen molar-refractivity contribution in [3.05, 3.63) is 58.1 Å². The topological polar surface area (TPSA) is 26.0 Å². The molecule has 2 rings (SSSR count). The first-order chi connectivity index (χ1) is 8.60. The minimum atomic E-state index is 0.522. The number of hydrogen-bond donors (Lipinski definition) is 1. The van der Waals surface area contributed by atoms with E-state index in [4.69, 9.17) is 17.3 Å². The summed E-state index contributed by atoms with van der Waals surface area (Å²) in [6.45, 7) is 4.76. The minimum Gasteiger partial charge on any atom is -0.326 e. The Morgan fingerprint density at radius 1 is 1.06 bits per heavy atom. The van der Waals surface area contributed by atoms with Crippen molar-refractivity contribution in [2.24, 2.45) is 5.73 Å². The van der Waals surface area contributed by atoms with Crippen LogP contribution in [0.2, 0.25) is 5.02 Å². The Morgan fingerprint density at radius 3 is 2.44 bits per heavy atom. The Balaban J connectivity index is 2.25. The molecule has 0 fully saturated rings. The summed E-state index contributed by atoms with van der Waals surface area (Å²) >= 11 is 7.94. The normalized spacial score (nSPS) is 10.7. The lowest BCUT2D eigenvalue weighted by Crippen LogP contribution is -1.95. The maximum Gasteiger partial charge on any atom is 0.0548 e. The van der Waals surface area contributed by atoms with Crippen molar-refractivity contribution < 1.29 is 0 Å². The number of nitrogens with two attached hydrogens (primary N) is 1. The van der Waals surface area contributed by atoms with Gasteiger partial charge in [-0.2, -0.15) is 0 Å². The molecule has 0 heterocycles. The van der Waals surface area contributed by atoms with E-state index in [1.54, 1.807) is 11.8 Å². The molecule has 0 unspecified atom stereocenters. The number of aryl methyl sites for hydroxylation is 2. The molecule has 3 heteroatoms. The monoisotopic (exact) mass is 277 g/mol. The Morgan fingerprint density at radius 2 is 1.83 bits per heavy atom. The molecule has 0 aliphatic carbocycles. The fourth-order valence-corrected chi connectivity index (χ4v) is 2.90. The first-order valence-electron chi connectivity index (χ1n) is 5.84. The first kappa shape index (κ1) is 13.5. The molecule has 0 aliphatic rings. The van der Waals surface area contributed by atoms with E-state index in [-0.39, 0.29) is 0 Å². The Hall–Kier alpha value is -0.960. The van der Waals surface area contributed by atoms with Crippen LogP contribution in [0.25, 0.3) is 0 Å². The molecule has 0 atom stereocenters. The third-order valence-corrected chi connectivity index (χ3v) is 4.43. The van der Waals surface area contributed by atoms with Gasteiger partial charge in [0.05, 0.1) is 5.02 Å². The van der Waals surface area contributed by atoms with E-state index in [2.05, 4.69) is 32.0 Å². The molecule has 0 spiro atoms. The Bertz CT molecular complexity index is 566. The summed E-state index contributed by atoms with van der Waals surface area (Å²) in [5.41, 5.74) is 9.26. The van der Waals surface area contributed by atoms with E-state index in [1.165, 1.54) is 16.0 Å². The van der Waals surface area contributed by atoms with Gasteiger partial charge in [0.25, 0.3) is 0 Å². The lowest BCUT2D eigenvalue weighted by Gasteiger charge is -2.08. The number of benzene rings is 2. The van der Waals surface area contributed by atoms with E-state index in [1.807, 2.05) is 18.2 Å². The van der Waals surface area contributed by atoms with Gasteiger partial charge < -0.3 is 5.73 Å². The minimum absolute atomic E-state index is 0.522. The summed E-state index contributed by atoms with van der Waals surface area (Å²) in [6, 6.07) is 12.4. The third kappa shape index (κ3) is 3.08. The fourth-order valence-electron chi connectivity index (χ4n) is 1.66. The molecular formula is C15H16ClNS. The highest BCUT2D eigenvalue weighted by atomic mass is 35.5. The highest BCUT2D eigenvalue weighted by Crippen LogP contribution is 2.34. The second-order valence-corrected chi connectivity index (χ2v) is 5.84. The van der Waals surface area contributed by atoms with Crippen molar-refractivity contribution in [2.75, 3.05) is 0 Å². The van der Waals surface area contributed by atoms with E-state index >= 15 is 0 Å². The molecule has 0 saturated heterocycles. The molecule has 2 N–H and O–H groups in total.